The van der Waals surface area contributed by atoms with Crippen molar-refractivity contribution in [2.75, 3.05) is 32.0 Å². The molecule has 0 spiro atoms. The predicted octanol–water partition coefficient (Wildman–Crippen LogP) is 34.9. The summed E-state index contributed by atoms with van der Waals surface area (Å²) in [6.07, 6.45) is 4.35. The van der Waals surface area contributed by atoms with E-state index in [9.17, 15) is 19.2 Å². The first kappa shape index (κ1) is 94.9. The van der Waals surface area contributed by atoms with Gasteiger partial charge in [0, 0.05) is 106 Å². The van der Waals surface area contributed by atoms with Gasteiger partial charge in [0.2, 0.25) is 5.91 Å². The molecule has 1 N–H and O–H groups in total. The minimum absolute atomic E-state index is 0.0156. The summed E-state index contributed by atoms with van der Waals surface area (Å²) >= 11 is 0. The molecule has 0 bridgehead atoms. The van der Waals surface area contributed by atoms with Crippen LogP contribution in [0.25, 0.3) is 117 Å². The van der Waals surface area contributed by atoms with E-state index in [1.54, 1.807) is 25.3 Å². The number of carbonyl (C=O) groups is 4. The number of hydrogen-bond donors (Lipinski definition) is 1. The van der Waals surface area contributed by atoms with Crippen molar-refractivity contribution in [3.05, 3.63) is 487 Å². The highest BCUT2D eigenvalue weighted by molar-refractivity contribution is 6.36. The second-order valence-electron chi connectivity index (χ2n) is 39.7. The van der Waals surface area contributed by atoms with Crippen molar-refractivity contribution >= 4 is 97.3 Å². The number of ether oxygens (including phenoxy) is 1. The van der Waals surface area contributed by atoms with Gasteiger partial charge in [-0.05, 0) is 301 Å². The molecule has 24 rings (SSSR count). The highest BCUT2D eigenvalue weighted by Crippen LogP contribution is 2.57. The fraction of sp³-hybridized carbons (Fsp3) is 0.126. The molecule has 5 heterocycles. The first-order chi connectivity index (χ1) is 72.4. The molecule has 20 aromatic rings. The zero-order valence-electron chi connectivity index (χ0n) is 84.4. The van der Waals surface area contributed by atoms with Gasteiger partial charge < -0.3 is 24.8 Å². The van der Waals surface area contributed by atoms with Crippen LogP contribution in [0, 0.1) is 26.2 Å². The SMILES string of the molecule is CCC(CC(C)(C)C(=O)Nc1ccc(-c2nnc(-c3ccc(-c4ccccc4)cc3)n2-c2ccccc2)cc1)c1ccc2c(c1)-c1ccccc1-c1ccccc1N2c1ccccc1.CCC(CC(C)c1ccc(N2C(=O)c3cccc4c(OC)ccc(c34)C2=O)cc1)c1ccc2c(c1)-c1ccccc1-c1ccccc1N2c1ccc(C=O)cc1.Cc1ccc(N2c3ccc(C)cc3-c3ccccc3-c3cc(C)ccc32)cc1. The van der Waals surface area contributed by atoms with Crippen LogP contribution in [-0.2, 0) is 4.79 Å². The number of hydrogen-bond acceptors (Lipinski definition) is 10. The fourth-order valence-electron chi connectivity index (χ4n) is 22.1. The normalized spacial score (nSPS) is 13.0. The van der Waals surface area contributed by atoms with Gasteiger partial charge in [-0.3, -0.25) is 23.7 Å². The number of amides is 3. The Hall–Kier alpha value is -17.9. The highest BCUT2D eigenvalue weighted by atomic mass is 16.5. The Bertz CT molecular complexity index is 8340. The molecule has 1 aromatic heterocycles. The van der Waals surface area contributed by atoms with Gasteiger partial charge in [0.15, 0.2) is 11.6 Å². The monoisotopic (exact) mass is 1920 g/mol. The van der Waals surface area contributed by atoms with Gasteiger partial charge in [-0.15, -0.1) is 10.2 Å². The molecule has 19 aromatic carbocycles. The van der Waals surface area contributed by atoms with Crippen molar-refractivity contribution in [1.29, 1.82) is 0 Å². The van der Waals surface area contributed by atoms with Gasteiger partial charge in [0.25, 0.3) is 11.8 Å². The minimum Gasteiger partial charge on any atom is -0.496 e. The average molecular weight is 1930 g/mol. The van der Waals surface area contributed by atoms with E-state index >= 15 is 0 Å². The van der Waals surface area contributed by atoms with Gasteiger partial charge in [-0.2, -0.15) is 0 Å². The molecular formula is C135H112N8O5. The summed E-state index contributed by atoms with van der Waals surface area (Å²) in [5.41, 5.74) is 39.7. The molecule has 722 valence electrons. The van der Waals surface area contributed by atoms with Crippen molar-refractivity contribution in [2.45, 2.75) is 98.8 Å². The number of methoxy groups -OCH3 is 1. The van der Waals surface area contributed by atoms with Crippen LogP contribution >= 0.6 is 0 Å². The summed E-state index contributed by atoms with van der Waals surface area (Å²) in [4.78, 5) is 61.8. The maximum absolute atomic E-state index is 14.2. The number of rotatable bonds is 21. The molecule has 0 saturated heterocycles. The first-order valence-electron chi connectivity index (χ1n) is 51.1. The molecule has 13 nitrogen and oxygen atoms in total. The average Bonchev–Trinajstić information content (AvgIpc) is 0.871. The number of nitrogens with zero attached hydrogens (tertiary/aromatic N) is 7. The molecular weight excluding hydrogens is 1810 g/mol. The number of aromatic nitrogens is 3. The highest BCUT2D eigenvalue weighted by Gasteiger charge is 2.38. The van der Waals surface area contributed by atoms with Crippen LogP contribution in [0.3, 0.4) is 0 Å². The van der Waals surface area contributed by atoms with Gasteiger partial charge in [-0.25, -0.2) is 4.90 Å². The van der Waals surface area contributed by atoms with E-state index in [4.69, 9.17) is 14.9 Å². The number of para-hydroxylation sites is 4. The smallest absolute Gasteiger partial charge is 0.265 e. The Morgan fingerprint density at radius 2 is 0.703 bits per heavy atom. The van der Waals surface area contributed by atoms with Crippen LogP contribution in [0.5, 0.6) is 5.75 Å². The molecule has 4 aliphatic rings. The molecule has 0 radical (unpaired) electrons. The van der Waals surface area contributed by atoms with E-state index in [1.165, 1.54) is 111 Å². The molecule has 4 aliphatic heterocycles. The summed E-state index contributed by atoms with van der Waals surface area (Å²) in [6.45, 7) is 17.3. The molecule has 3 atom stereocenters. The maximum atomic E-state index is 14.2. The van der Waals surface area contributed by atoms with E-state index in [0.717, 1.165) is 121 Å². The van der Waals surface area contributed by atoms with Gasteiger partial charge in [0.1, 0.15) is 12.0 Å². The largest absolute Gasteiger partial charge is 0.496 e. The molecule has 13 heteroatoms. The van der Waals surface area contributed by atoms with E-state index in [2.05, 4.69) is 401 Å². The summed E-state index contributed by atoms with van der Waals surface area (Å²) in [7, 11) is 1.59. The Morgan fingerprint density at radius 3 is 1.19 bits per heavy atom. The van der Waals surface area contributed by atoms with Gasteiger partial charge in [0.05, 0.1) is 46.9 Å². The number of fused-ring (bicyclic) bond motifs is 15. The quantitative estimate of drug-likeness (QED) is 0.0547. The molecule has 3 unspecified atom stereocenters. The molecule has 0 saturated carbocycles. The Labute approximate surface area is 865 Å². The van der Waals surface area contributed by atoms with Crippen molar-refractivity contribution in [1.82, 2.24) is 14.8 Å². The van der Waals surface area contributed by atoms with E-state index in [0.29, 0.717) is 39.9 Å². The summed E-state index contributed by atoms with van der Waals surface area (Å²) in [5, 5.41) is 14.1. The van der Waals surface area contributed by atoms with Crippen molar-refractivity contribution < 1.29 is 23.9 Å². The molecule has 0 aliphatic carbocycles. The van der Waals surface area contributed by atoms with Crippen molar-refractivity contribution in [3.63, 3.8) is 0 Å². The number of aryl methyl sites for hydroxylation is 3. The Kier molecular flexibility index (Phi) is 26.1. The predicted molar refractivity (Wildman–Crippen MR) is 608 cm³/mol. The van der Waals surface area contributed by atoms with Gasteiger partial charge in [-0.1, -0.05) is 312 Å². The Morgan fingerprint density at radius 1 is 0.338 bits per heavy atom. The second-order valence-corrected chi connectivity index (χ2v) is 39.7. The summed E-state index contributed by atoms with van der Waals surface area (Å²) in [6, 6.07) is 152. The van der Waals surface area contributed by atoms with Crippen molar-refractivity contribution in [3.8, 4) is 112 Å². The van der Waals surface area contributed by atoms with E-state index in [1.807, 2.05) is 97.1 Å². The zero-order valence-corrected chi connectivity index (χ0v) is 84.4. The fourth-order valence-corrected chi connectivity index (χ4v) is 22.1. The lowest BCUT2D eigenvalue weighted by atomic mass is 9.77. The lowest BCUT2D eigenvalue weighted by Crippen LogP contribution is -2.40. The number of imide groups is 1. The number of benzene rings is 19. The number of aldehydes is 1. The second kappa shape index (κ2) is 40.7. The Balaban J connectivity index is 0.000000135. The molecule has 3 amide bonds. The summed E-state index contributed by atoms with van der Waals surface area (Å²) in [5.74, 6) is 2.07. The number of carbonyl (C=O) groups excluding carboxylic acids is 4. The van der Waals surface area contributed by atoms with Crippen LogP contribution in [0.15, 0.2) is 437 Å². The van der Waals surface area contributed by atoms with Crippen LogP contribution in [0.4, 0.5) is 62.6 Å². The third-order valence-corrected chi connectivity index (χ3v) is 29.8. The van der Waals surface area contributed by atoms with Crippen LogP contribution < -0.4 is 29.7 Å². The van der Waals surface area contributed by atoms with Crippen LogP contribution in [-0.4, -0.2) is 45.9 Å². The van der Waals surface area contributed by atoms with Crippen molar-refractivity contribution in [2.24, 2.45) is 5.41 Å². The summed E-state index contributed by atoms with van der Waals surface area (Å²) < 4.78 is 7.62. The third-order valence-electron chi connectivity index (χ3n) is 29.8. The molecule has 148 heavy (non-hydrogen) atoms. The maximum Gasteiger partial charge on any atom is 0.265 e. The first-order valence-corrected chi connectivity index (χ1v) is 51.1. The van der Waals surface area contributed by atoms with E-state index in [-0.39, 0.29) is 35.5 Å². The zero-order chi connectivity index (χ0) is 101. The van der Waals surface area contributed by atoms with Crippen LogP contribution in [0.2, 0.25) is 0 Å². The minimum atomic E-state index is -0.658. The molecule has 0 fully saturated rings. The third kappa shape index (κ3) is 18.1. The number of nitrogens with one attached hydrogen (secondary N) is 1. The van der Waals surface area contributed by atoms with E-state index < -0.39 is 5.41 Å². The standard InChI is InChI=1S/C58H49N5O.C50H40N2O4.C27H23N/c1-4-40(45-34-37-54-52(38-45)50-25-15-14-24-49(50)51-26-16-17-27-53(51)62(54)47-20-10-6-11-21-47)39-58(2,3)57(64)59-46-35-32-44(33-36-46)56-61-60-55(63(56)48-22-12-7-13-23-48)43-30-28-42(29-31-43)41-18-8-5-9-19-41;1-4-33(28-31(2)34-18-23-37(24-19-34)52-49(54)42-14-9-13-41-47(56-3)27-25-43(48(41)42)50(52)55)35-20-26-46-44(29-35)39-11-6-5-10-38(39)40-12-7-8-15-45(40)51(46)36-21-16-32(30-53)17-22-36;1-18-8-12-21(13-9-18)28-26-14-10-19(2)16-24(26)22-6-4-5-7-23(22)25-17-20(3)11-15-27(25)28/h5-38,40H,4,39H2,1-3H3,(H,59,64);5-27,29-31,33H,4,28H2,1-3H3;4-17H,1-3H3. The topological polar surface area (TPSA) is 133 Å². The van der Waals surface area contributed by atoms with Crippen LogP contribution in [0.1, 0.15) is 143 Å². The van der Waals surface area contributed by atoms with Gasteiger partial charge >= 0.3 is 0 Å². The number of anilines is 11. The lowest BCUT2D eigenvalue weighted by Gasteiger charge is -2.30. The lowest BCUT2D eigenvalue weighted by molar-refractivity contribution is -0.124.